The predicted molar refractivity (Wildman–Crippen MR) is 93.3 cm³/mol. The minimum atomic E-state index is -0.0961. The summed E-state index contributed by atoms with van der Waals surface area (Å²) in [4.78, 5) is 5.06. The van der Waals surface area contributed by atoms with Crippen molar-refractivity contribution in [2.75, 3.05) is 31.9 Å². The number of β-amino-alcohol motifs (C(OH)–C–C–N with tert-alkyl or cyclic N) is 1. The predicted octanol–water partition coefficient (Wildman–Crippen LogP) is 2.18. The van der Waals surface area contributed by atoms with E-state index in [4.69, 9.17) is 5.73 Å². The van der Waals surface area contributed by atoms with Gasteiger partial charge in [0.1, 0.15) is 0 Å². The number of nitrogen functional groups attached to an aromatic ring is 1. The van der Waals surface area contributed by atoms with Gasteiger partial charge in [-0.1, -0.05) is 6.07 Å². The Labute approximate surface area is 139 Å². The van der Waals surface area contributed by atoms with Gasteiger partial charge in [0, 0.05) is 31.4 Å². The maximum atomic E-state index is 9.71. The van der Waals surface area contributed by atoms with E-state index in [9.17, 15) is 5.11 Å². The SMILES string of the molecule is Nc1cc(CN2CCC(N3CC[C@H](O)C3)CC2)cc(C2CC2)c1. The number of aliphatic hydroxyl groups excluding tert-OH is 1. The lowest BCUT2D eigenvalue weighted by molar-refractivity contribution is 0.106. The molecule has 0 amide bonds. The summed E-state index contributed by atoms with van der Waals surface area (Å²) in [5, 5.41) is 9.71. The number of benzene rings is 1. The smallest absolute Gasteiger partial charge is 0.0679 e. The normalized spacial score (nSPS) is 27.6. The molecule has 23 heavy (non-hydrogen) atoms. The van der Waals surface area contributed by atoms with Gasteiger partial charge in [0.2, 0.25) is 0 Å². The van der Waals surface area contributed by atoms with E-state index in [1.807, 2.05) is 0 Å². The first-order valence-corrected chi connectivity index (χ1v) is 9.21. The summed E-state index contributed by atoms with van der Waals surface area (Å²) < 4.78 is 0. The van der Waals surface area contributed by atoms with Gasteiger partial charge in [-0.3, -0.25) is 9.80 Å². The van der Waals surface area contributed by atoms with Crippen molar-refractivity contribution in [2.45, 2.75) is 56.7 Å². The van der Waals surface area contributed by atoms with E-state index < -0.39 is 0 Å². The Morgan fingerprint density at radius 1 is 1.00 bits per heavy atom. The van der Waals surface area contributed by atoms with E-state index in [2.05, 4.69) is 28.0 Å². The first-order valence-electron chi connectivity index (χ1n) is 9.21. The molecule has 3 N–H and O–H groups in total. The Hall–Kier alpha value is -1.10. The van der Waals surface area contributed by atoms with Crippen LogP contribution in [0.25, 0.3) is 0 Å². The van der Waals surface area contributed by atoms with Crippen LogP contribution in [-0.4, -0.2) is 53.2 Å². The maximum Gasteiger partial charge on any atom is 0.0679 e. The van der Waals surface area contributed by atoms with Gasteiger partial charge in [0.05, 0.1) is 6.10 Å². The van der Waals surface area contributed by atoms with Crippen LogP contribution in [-0.2, 0) is 6.54 Å². The van der Waals surface area contributed by atoms with Crippen molar-refractivity contribution in [1.82, 2.24) is 9.80 Å². The van der Waals surface area contributed by atoms with E-state index in [0.29, 0.717) is 6.04 Å². The third-order valence-corrected chi connectivity index (χ3v) is 5.76. The summed E-state index contributed by atoms with van der Waals surface area (Å²) in [5.74, 6) is 0.768. The standard InChI is InChI=1S/C19H29N3O/c20-17-10-14(9-16(11-17)15-1-2-15)12-21-6-3-18(4-7-21)22-8-5-19(23)13-22/h9-11,15,18-19,23H,1-8,12-13,20H2/t19-/m0/s1. The zero-order valence-corrected chi connectivity index (χ0v) is 14.0. The van der Waals surface area contributed by atoms with E-state index in [-0.39, 0.29) is 6.10 Å². The molecule has 2 saturated heterocycles. The summed E-state index contributed by atoms with van der Waals surface area (Å²) in [6.45, 7) is 5.30. The number of nitrogens with zero attached hydrogens (tertiary/aromatic N) is 2. The Bertz CT molecular complexity index is 550. The number of aliphatic hydroxyl groups is 1. The van der Waals surface area contributed by atoms with Crippen molar-refractivity contribution < 1.29 is 5.11 Å². The van der Waals surface area contributed by atoms with Gasteiger partial charge in [0.15, 0.2) is 0 Å². The molecule has 4 heteroatoms. The van der Waals surface area contributed by atoms with Crippen LogP contribution in [0.2, 0.25) is 0 Å². The van der Waals surface area contributed by atoms with Crippen molar-refractivity contribution in [1.29, 1.82) is 0 Å². The molecule has 2 aliphatic heterocycles. The largest absolute Gasteiger partial charge is 0.399 e. The average molecular weight is 315 g/mol. The number of nitrogens with two attached hydrogens (primary N) is 1. The number of hydrogen-bond donors (Lipinski definition) is 2. The Kier molecular flexibility index (Phi) is 4.31. The Morgan fingerprint density at radius 2 is 1.78 bits per heavy atom. The quantitative estimate of drug-likeness (QED) is 0.836. The van der Waals surface area contributed by atoms with Crippen LogP contribution >= 0.6 is 0 Å². The van der Waals surface area contributed by atoms with E-state index >= 15 is 0 Å². The molecule has 0 bridgehead atoms. The number of likely N-dealkylation sites (tertiary alicyclic amines) is 2. The summed E-state index contributed by atoms with van der Waals surface area (Å²) in [6, 6.07) is 7.35. The second-order valence-electron chi connectivity index (χ2n) is 7.73. The summed E-state index contributed by atoms with van der Waals surface area (Å²) in [6.07, 6.45) is 5.97. The van der Waals surface area contributed by atoms with Crippen molar-refractivity contribution >= 4 is 5.69 Å². The van der Waals surface area contributed by atoms with Gasteiger partial charge in [-0.2, -0.15) is 0 Å². The Balaban J connectivity index is 1.32. The molecule has 4 rings (SSSR count). The highest BCUT2D eigenvalue weighted by molar-refractivity contribution is 5.46. The van der Waals surface area contributed by atoms with Crippen molar-refractivity contribution in [3.05, 3.63) is 29.3 Å². The minimum Gasteiger partial charge on any atom is -0.399 e. The number of rotatable bonds is 4. The lowest BCUT2D eigenvalue weighted by Crippen LogP contribution is -2.44. The van der Waals surface area contributed by atoms with Gasteiger partial charge in [-0.25, -0.2) is 0 Å². The van der Waals surface area contributed by atoms with Gasteiger partial charge in [0.25, 0.3) is 0 Å². The highest BCUT2D eigenvalue weighted by atomic mass is 16.3. The van der Waals surface area contributed by atoms with Crippen molar-refractivity contribution in [3.63, 3.8) is 0 Å². The van der Waals surface area contributed by atoms with Crippen LogP contribution in [0.5, 0.6) is 0 Å². The van der Waals surface area contributed by atoms with Gasteiger partial charge in [-0.15, -0.1) is 0 Å². The lowest BCUT2D eigenvalue weighted by atomic mass is 10.0. The van der Waals surface area contributed by atoms with Crippen LogP contribution in [0, 0.1) is 0 Å². The Morgan fingerprint density at radius 3 is 2.43 bits per heavy atom. The number of hydrogen-bond acceptors (Lipinski definition) is 4. The van der Waals surface area contributed by atoms with Gasteiger partial charge in [-0.05, 0) is 74.4 Å². The van der Waals surface area contributed by atoms with Gasteiger partial charge < -0.3 is 10.8 Å². The fourth-order valence-corrected chi connectivity index (χ4v) is 4.29. The highest BCUT2D eigenvalue weighted by Crippen LogP contribution is 2.41. The number of anilines is 1. The van der Waals surface area contributed by atoms with Crippen molar-refractivity contribution in [3.8, 4) is 0 Å². The molecule has 2 heterocycles. The fourth-order valence-electron chi connectivity index (χ4n) is 4.29. The fraction of sp³-hybridized carbons (Fsp3) is 0.684. The molecular formula is C19H29N3O. The van der Waals surface area contributed by atoms with Crippen LogP contribution in [0.3, 0.4) is 0 Å². The van der Waals surface area contributed by atoms with Gasteiger partial charge >= 0.3 is 0 Å². The molecule has 1 saturated carbocycles. The molecule has 0 spiro atoms. The molecule has 126 valence electrons. The third kappa shape index (κ3) is 3.70. The second kappa shape index (κ2) is 6.42. The molecule has 0 radical (unpaired) electrons. The molecule has 4 nitrogen and oxygen atoms in total. The molecule has 1 atom stereocenters. The topological polar surface area (TPSA) is 52.7 Å². The van der Waals surface area contributed by atoms with Crippen LogP contribution in [0.1, 0.15) is 49.1 Å². The third-order valence-electron chi connectivity index (χ3n) is 5.76. The van der Waals surface area contributed by atoms with Crippen LogP contribution in [0.15, 0.2) is 18.2 Å². The highest BCUT2D eigenvalue weighted by Gasteiger charge is 2.30. The monoisotopic (exact) mass is 315 g/mol. The molecule has 1 aliphatic carbocycles. The minimum absolute atomic E-state index is 0.0961. The van der Waals surface area contributed by atoms with Crippen LogP contribution < -0.4 is 5.73 Å². The summed E-state index contributed by atoms with van der Waals surface area (Å²) in [5.41, 5.74) is 9.84. The van der Waals surface area contributed by atoms with Crippen LogP contribution in [0.4, 0.5) is 5.69 Å². The zero-order valence-electron chi connectivity index (χ0n) is 14.0. The maximum absolute atomic E-state index is 9.71. The van der Waals surface area contributed by atoms with E-state index in [0.717, 1.165) is 50.7 Å². The first-order chi connectivity index (χ1) is 11.2. The number of piperidine rings is 1. The lowest BCUT2D eigenvalue weighted by Gasteiger charge is -2.36. The van der Waals surface area contributed by atoms with E-state index in [1.165, 1.54) is 36.8 Å². The zero-order chi connectivity index (χ0) is 15.8. The molecule has 0 aromatic heterocycles. The molecular weight excluding hydrogens is 286 g/mol. The average Bonchev–Trinajstić information content (AvgIpc) is 3.29. The molecule has 3 aliphatic rings. The summed E-state index contributed by atoms with van der Waals surface area (Å²) in [7, 11) is 0. The molecule has 1 aromatic carbocycles. The molecule has 0 unspecified atom stereocenters. The second-order valence-corrected chi connectivity index (χ2v) is 7.73. The summed E-state index contributed by atoms with van der Waals surface area (Å²) >= 11 is 0. The first kappa shape index (κ1) is 15.4. The molecule has 3 fully saturated rings. The van der Waals surface area contributed by atoms with E-state index in [1.54, 1.807) is 0 Å². The molecule has 1 aromatic rings. The van der Waals surface area contributed by atoms with Crippen molar-refractivity contribution in [2.24, 2.45) is 0 Å².